The summed E-state index contributed by atoms with van der Waals surface area (Å²) in [4.78, 5) is 9.90. The van der Waals surface area contributed by atoms with Gasteiger partial charge >= 0.3 is 0 Å². The van der Waals surface area contributed by atoms with Crippen molar-refractivity contribution in [2.75, 3.05) is 39.3 Å². The lowest BCUT2D eigenvalue weighted by molar-refractivity contribution is 0.0216. The summed E-state index contributed by atoms with van der Waals surface area (Å²) in [5, 5.41) is 4.65. The van der Waals surface area contributed by atoms with Crippen LogP contribution in [0.15, 0.2) is 36.4 Å². The Morgan fingerprint density at radius 3 is 2.71 bits per heavy atom. The average molecular weight is 282 g/mol. The molecule has 2 aliphatic rings. The van der Waals surface area contributed by atoms with E-state index in [1.165, 1.54) is 37.3 Å². The minimum absolute atomic E-state index is 0.757. The number of hydrogen-bond donors (Lipinski definition) is 1. The quantitative estimate of drug-likeness (QED) is 0.920. The summed E-state index contributed by atoms with van der Waals surface area (Å²) in [6, 6.07) is 13.5. The predicted octanol–water partition coefficient (Wildman–Crippen LogP) is 1.32. The van der Waals surface area contributed by atoms with Crippen LogP contribution in [0.1, 0.15) is 5.69 Å². The second kappa shape index (κ2) is 5.72. The van der Waals surface area contributed by atoms with Crippen LogP contribution in [0.2, 0.25) is 0 Å². The molecular weight excluding hydrogens is 260 g/mol. The van der Waals surface area contributed by atoms with Gasteiger partial charge in [0.25, 0.3) is 0 Å². The lowest BCUT2D eigenvalue weighted by Gasteiger charge is -2.46. The monoisotopic (exact) mass is 282 g/mol. The number of piperazine rings is 1. The van der Waals surface area contributed by atoms with Gasteiger partial charge in [-0.1, -0.05) is 24.3 Å². The van der Waals surface area contributed by atoms with Crippen molar-refractivity contribution in [2.45, 2.75) is 12.6 Å². The highest BCUT2D eigenvalue weighted by molar-refractivity contribution is 5.78. The minimum atomic E-state index is 0.757. The maximum atomic E-state index is 4.77. The first kappa shape index (κ1) is 13.2. The third kappa shape index (κ3) is 2.79. The van der Waals surface area contributed by atoms with E-state index in [2.05, 4.69) is 51.5 Å². The van der Waals surface area contributed by atoms with Gasteiger partial charge in [-0.25, -0.2) is 0 Å². The molecule has 2 aromatic rings. The van der Waals surface area contributed by atoms with Crippen molar-refractivity contribution in [3.8, 4) is 0 Å². The Kier molecular flexibility index (Phi) is 3.59. The number of rotatable bonds is 3. The standard InChI is InChI=1S/C17H22N4/c1-2-4-17-14(3-1)5-6-15(19-17)11-20-12-16(13-20)21-9-7-18-8-10-21/h1-6,16,18H,7-13H2. The highest BCUT2D eigenvalue weighted by Gasteiger charge is 2.32. The van der Waals surface area contributed by atoms with E-state index < -0.39 is 0 Å². The van der Waals surface area contributed by atoms with E-state index in [-0.39, 0.29) is 0 Å². The predicted molar refractivity (Wildman–Crippen MR) is 85.3 cm³/mol. The fourth-order valence-corrected chi connectivity index (χ4v) is 3.38. The van der Waals surface area contributed by atoms with E-state index in [4.69, 9.17) is 4.98 Å². The summed E-state index contributed by atoms with van der Waals surface area (Å²) in [6.45, 7) is 8.04. The topological polar surface area (TPSA) is 31.4 Å². The molecule has 4 nitrogen and oxygen atoms in total. The second-order valence-electron chi connectivity index (χ2n) is 6.13. The summed E-state index contributed by atoms with van der Waals surface area (Å²) in [7, 11) is 0. The molecule has 0 saturated carbocycles. The number of nitrogens with zero attached hydrogens (tertiary/aromatic N) is 3. The first-order chi connectivity index (χ1) is 10.4. The van der Waals surface area contributed by atoms with Gasteiger partial charge < -0.3 is 5.32 Å². The van der Waals surface area contributed by atoms with Gasteiger partial charge in [-0.15, -0.1) is 0 Å². The van der Waals surface area contributed by atoms with Crippen LogP contribution in [0.5, 0.6) is 0 Å². The van der Waals surface area contributed by atoms with Crippen LogP contribution in [-0.2, 0) is 6.54 Å². The van der Waals surface area contributed by atoms with Gasteiger partial charge in [0.05, 0.1) is 11.2 Å². The number of likely N-dealkylation sites (tertiary alicyclic amines) is 1. The van der Waals surface area contributed by atoms with Gasteiger partial charge in [0.1, 0.15) is 0 Å². The van der Waals surface area contributed by atoms with Crippen LogP contribution in [-0.4, -0.2) is 60.1 Å². The van der Waals surface area contributed by atoms with Crippen LogP contribution >= 0.6 is 0 Å². The molecule has 4 heteroatoms. The van der Waals surface area contributed by atoms with Crippen LogP contribution in [0.3, 0.4) is 0 Å². The molecule has 2 fully saturated rings. The van der Waals surface area contributed by atoms with Gasteiger partial charge in [-0.2, -0.15) is 0 Å². The van der Waals surface area contributed by atoms with Crippen LogP contribution in [0, 0.1) is 0 Å². The highest BCUT2D eigenvalue weighted by atomic mass is 15.3. The smallest absolute Gasteiger partial charge is 0.0705 e. The molecule has 0 atom stereocenters. The van der Waals surface area contributed by atoms with Gasteiger partial charge in [0.2, 0.25) is 0 Å². The molecule has 3 heterocycles. The molecule has 1 N–H and O–H groups in total. The zero-order chi connectivity index (χ0) is 14.1. The summed E-state index contributed by atoms with van der Waals surface area (Å²) < 4.78 is 0. The van der Waals surface area contributed by atoms with Crippen molar-refractivity contribution in [2.24, 2.45) is 0 Å². The van der Waals surface area contributed by atoms with Crippen LogP contribution < -0.4 is 5.32 Å². The SMILES string of the molecule is c1ccc2nc(CN3CC(N4CCNCC4)C3)ccc2c1. The van der Waals surface area contributed by atoms with Gasteiger partial charge in [-0.05, 0) is 12.1 Å². The molecule has 0 spiro atoms. The van der Waals surface area contributed by atoms with E-state index in [1.54, 1.807) is 0 Å². The Morgan fingerprint density at radius 1 is 1.05 bits per heavy atom. The molecule has 0 amide bonds. The summed E-state index contributed by atoms with van der Waals surface area (Å²) in [5.41, 5.74) is 2.29. The van der Waals surface area contributed by atoms with Crippen molar-refractivity contribution in [1.29, 1.82) is 0 Å². The van der Waals surface area contributed by atoms with Gasteiger partial charge in [-0.3, -0.25) is 14.8 Å². The first-order valence-electron chi connectivity index (χ1n) is 7.90. The average Bonchev–Trinajstić information content (AvgIpc) is 2.51. The molecule has 0 radical (unpaired) electrons. The summed E-state index contributed by atoms with van der Waals surface area (Å²) in [6.07, 6.45) is 0. The van der Waals surface area contributed by atoms with Crippen molar-refractivity contribution in [3.63, 3.8) is 0 Å². The van der Waals surface area contributed by atoms with Crippen molar-refractivity contribution in [1.82, 2.24) is 20.1 Å². The van der Waals surface area contributed by atoms with Crippen LogP contribution in [0.4, 0.5) is 0 Å². The number of pyridine rings is 1. The Hall–Kier alpha value is -1.49. The summed E-state index contributed by atoms with van der Waals surface area (Å²) in [5.74, 6) is 0. The van der Waals surface area contributed by atoms with Gasteiger partial charge in [0.15, 0.2) is 0 Å². The van der Waals surface area contributed by atoms with E-state index in [9.17, 15) is 0 Å². The Labute approximate surface area is 125 Å². The van der Waals surface area contributed by atoms with Crippen molar-refractivity contribution < 1.29 is 0 Å². The third-order valence-electron chi connectivity index (χ3n) is 4.65. The summed E-state index contributed by atoms with van der Waals surface area (Å²) >= 11 is 0. The molecule has 21 heavy (non-hydrogen) atoms. The van der Waals surface area contributed by atoms with Crippen LogP contribution in [0.25, 0.3) is 10.9 Å². The lowest BCUT2D eigenvalue weighted by Crippen LogP contribution is -2.62. The number of para-hydroxylation sites is 1. The molecule has 110 valence electrons. The molecule has 0 unspecified atom stereocenters. The second-order valence-corrected chi connectivity index (χ2v) is 6.13. The zero-order valence-corrected chi connectivity index (χ0v) is 12.3. The Balaban J connectivity index is 1.36. The van der Waals surface area contributed by atoms with E-state index in [0.717, 1.165) is 31.2 Å². The number of nitrogens with one attached hydrogen (secondary N) is 1. The first-order valence-corrected chi connectivity index (χ1v) is 7.90. The maximum absolute atomic E-state index is 4.77. The molecule has 0 bridgehead atoms. The molecule has 4 rings (SSSR count). The van der Waals surface area contributed by atoms with E-state index in [0.29, 0.717) is 0 Å². The van der Waals surface area contributed by atoms with Crippen molar-refractivity contribution >= 4 is 10.9 Å². The van der Waals surface area contributed by atoms with Gasteiger partial charge in [0, 0.05) is 57.2 Å². The molecule has 2 saturated heterocycles. The largest absolute Gasteiger partial charge is 0.314 e. The molecule has 1 aromatic heterocycles. The number of fused-ring (bicyclic) bond motifs is 1. The fourth-order valence-electron chi connectivity index (χ4n) is 3.38. The lowest BCUT2D eigenvalue weighted by atomic mass is 10.1. The molecule has 2 aliphatic heterocycles. The molecule has 0 aliphatic carbocycles. The third-order valence-corrected chi connectivity index (χ3v) is 4.65. The zero-order valence-electron chi connectivity index (χ0n) is 12.3. The minimum Gasteiger partial charge on any atom is -0.314 e. The number of aromatic nitrogens is 1. The number of benzene rings is 1. The normalized spacial score (nSPS) is 21.5. The molecule has 1 aromatic carbocycles. The van der Waals surface area contributed by atoms with Crippen molar-refractivity contribution in [3.05, 3.63) is 42.1 Å². The molecular formula is C17H22N4. The fraction of sp³-hybridized carbons (Fsp3) is 0.471. The maximum Gasteiger partial charge on any atom is 0.0705 e. The highest BCUT2D eigenvalue weighted by Crippen LogP contribution is 2.19. The Morgan fingerprint density at radius 2 is 1.86 bits per heavy atom. The van der Waals surface area contributed by atoms with E-state index in [1.807, 2.05) is 0 Å². The van der Waals surface area contributed by atoms with E-state index >= 15 is 0 Å². The Bertz CT molecular complexity index is 615. The number of hydrogen-bond acceptors (Lipinski definition) is 4.